The molecule has 2 heterocycles. The van der Waals surface area contributed by atoms with E-state index < -0.39 is 0 Å². The van der Waals surface area contributed by atoms with E-state index in [0.717, 1.165) is 45.2 Å². The second kappa shape index (κ2) is 11.0. The summed E-state index contributed by atoms with van der Waals surface area (Å²) in [7, 11) is 1.83. The van der Waals surface area contributed by atoms with Crippen molar-refractivity contribution in [3.63, 3.8) is 0 Å². The summed E-state index contributed by atoms with van der Waals surface area (Å²) in [5, 5.41) is 11.3. The van der Waals surface area contributed by atoms with E-state index in [1.165, 1.54) is 24.2 Å². The standard InChI is InChI=1S/C22H35N7/c1-4-27-12-14-28(15-13-27)19(2)16-24-22(23-3)25-17-20-8-5-6-9-21(20)18-29-11-7-10-26-29/h5-11,19H,4,12-18H2,1-3H3,(H2,23,24,25). The van der Waals surface area contributed by atoms with E-state index in [4.69, 9.17) is 0 Å². The monoisotopic (exact) mass is 397 g/mol. The van der Waals surface area contributed by atoms with Crippen molar-refractivity contribution < 1.29 is 0 Å². The first-order valence-corrected chi connectivity index (χ1v) is 10.6. The topological polar surface area (TPSA) is 60.7 Å². The summed E-state index contributed by atoms with van der Waals surface area (Å²) in [4.78, 5) is 9.47. The van der Waals surface area contributed by atoms with Gasteiger partial charge in [0.2, 0.25) is 0 Å². The van der Waals surface area contributed by atoms with Crippen molar-refractivity contribution >= 4 is 5.96 Å². The summed E-state index contributed by atoms with van der Waals surface area (Å²) >= 11 is 0. The Morgan fingerprint density at radius 3 is 2.52 bits per heavy atom. The molecule has 29 heavy (non-hydrogen) atoms. The molecular weight excluding hydrogens is 362 g/mol. The minimum atomic E-state index is 0.486. The van der Waals surface area contributed by atoms with Crippen molar-refractivity contribution in [2.45, 2.75) is 33.0 Å². The van der Waals surface area contributed by atoms with Crippen molar-refractivity contribution in [1.29, 1.82) is 0 Å². The maximum Gasteiger partial charge on any atom is 0.191 e. The van der Waals surface area contributed by atoms with Gasteiger partial charge >= 0.3 is 0 Å². The van der Waals surface area contributed by atoms with E-state index in [1.54, 1.807) is 0 Å². The van der Waals surface area contributed by atoms with E-state index in [2.05, 4.69) is 68.6 Å². The lowest BCUT2D eigenvalue weighted by Gasteiger charge is -2.37. The van der Waals surface area contributed by atoms with Gasteiger partial charge in [-0.05, 0) is 30.7 Å². The lowest BCUT2D eigenvalue weighted by atomic mass is 10.1. The first kappa shape index (κ1) is 21.3. The van der Waals surface area contributed by atoms with Crippen LogP contribution >= 0.6 is 0 Å². The molecule has 7 nitrogen and oxygen atoms in total. The number of likely N-dealkylation sites (N-methyl/N-ethyl adjacent to an activating group) is 1. The molecule has 1 fully saturated rings. The zero-order chi connectivity index (χ0) is 20.5. The second-order valence-corrected chi connectivity index (χ2v) is 7.60. The van der Waals surface area contributed by atoms with Crippen LogP contribution in [-0.4, -0.2) is 77.9 Å². The van der Waals surface area contributed by atoms with Gasteiger partial charge in [0, 0.05) is 64.8 Å². The first-order valence-electron chi connectivity index (χ1n) is 10.6. The Morgan fingerprint density at radius 1 is 1.10 bits per heavy atom. The zero-order valence-electron chi connectivity index (χ0n) is 18.0. The quantitative estimate of drug-likeness (QED) is 0.524. The summed E-state index contributed by atoms with van der Waals surface area (Å²) in [6.45, 7) is 12.7. The molecule has 7 heteroatoms. The molecule has 3 rings (SSSR count). The van der Waals surface area contributed by atoms with E-state index in [-0.39, 0.29) is 0 Å². The highest BCUT2D eigenvalue weighted by Gasteiger charge is 2.20. The van der Waals surface area contributed by atoms with Gasteiger partial charge in [0.05, 0.1) is 6.54 Å². The summed E-state index contributed by atoms with van der Waals surface area (Å²) in [6.07, 6.45) is 3.81. The molecule has 0 amide bonds. The molecular formula is C22H35N7. The number of nitrogens with zero attached hydrogens (tertiary/aromatic N) is 5. The number of hydrogen-bond acceptors (Lipinski definition) is 4. The van der Waals surface area contributed by atoms with Crippen LogP contribution in [0.5, 0.6) is 0 Å². The Labute approximate surface area is 174 Å². The normalized spacial score (nSPS) is 17.3. The smallest absolute Gasteiger partial charge is 0.191 e. The number of hydrogen-bond donors (Lipinski definition) is 2. The van der Waals surface area contributed by atoms with Gasteiger partial charge in [0.1, 0.15) is 0 Å². The number of guanidine groups is 1. The molecule has 1 aliphatic rings. The lowest BCUT2D eigenvalue weighted by Crippen LogP contribution is -2.53. The van der Waals surface area contributed by atoms with Gasteiger partial charge in [-0.1, -0.05) is 31.2 Å². The predicted molar refractivity (Wildman–Crippen MR) is 119 cm³/mol. The SMILES string of the molecule is CCN1CCN(C(C)CNC(=NC)NCc2ccccc2Cn2cccn2)CC1. The van der Waals surface area contributed by atoms with Crippen molar-refractivity contribution in [3.8, 4) is 0 Å². The summed E-state index contributed by atoms with van der Waals surface area (Å²) < 4.78 is 1.95. The third kappa shape index (κ3) is 6.30. The highest BCUT2D eigenvalue weighted by Crippen LogP contribution is 2.10. The van der Waals surface area contributed by atoms with Crippen molar-refractivity contribution in [3.05, 3.63) is 53.9 Å². The Hall–Kier alpha value is -2.38. The number of nitrogens with one attached hydrogen (secondary N) is 2. The molecule has 1 saturated heterocycles. The molecule has 2 N–H and O–H groups in total. The molecule has 2 aromatic rings. The molecule has 1 unspecified atom stereocenters. The van der Waals surface area contributed by atoms with Crippen LogP contribution in [0.15, 0.2) is 47.7 Å². The average Bonchev–Trinajstić information content (AvgIpc) is 3.28. The summed E-state index contributed by atoms with van der Waals surface area (Å²) in [5.74, 6) is 0.845. The predicted octanol–water partition coefficient (Wildman–Crippen LogP) is 1.62. The largest absolute Gasteiger partial charge is 0.355 e. The Kier molecular flexibility index (Phi) is 8.07. The van der Waals surface area contributed by atoms with Gasteiger partial charge in [0.25, 0.3) is 0 Å². The fourth-order valence-corrected chi connectivity index (χ4v) is 3.75. The molecule has 158 valence electrons. The Bertz CT molecular complexity index is 748. The van der Waals surface area contributed by atoms with Crippen LogP contribution in [-0.2, 0) is 13.1 Å². The maximum absolute atomic E-state index is 4.40. The molecule has 0 radical (unpaired) electrons. The molecule has 1 aromatic heterocycles. The highest BCUT2D eigenvalue weighted by atomic mass is 15.3. The zero-order valence-corrected chi connectivity index (χ0v) is 18.0. The van der Waals surface area contributed by atoms with E-state index in [1.807, 2.05) is 30.2 Å². The average molecular weight is 398 g/mol. The fraction of sp³-hybridized carbons (Fsp3) is 0.545. The molecule has 0 spiro atoms. The minimum absolute atomic E-state index is 0.486. The molecule has 1 aromatic carbocycles. The number of rotatable bonds is 8. The van der Waals surface area contributed by atoms with Gasteiger partial charge in [-0.15, -0.1) is 0 Å². The summed E-state index contributed by atoms with van der Waals surface area (Å²) in [5.41, 5.74) is 2.52. The van der Waals surface area contributed by atoms with Crippen molar-refractivity contribution in [2.75, 3.05) is 46.3 Å². The third-order valence-electron chi connectivity index (χ3n) is 5.72. The van der Waals surface area contributed by atoms with Gasteiger partial charge in [0.15, 0.2) is 5.96 Å². The number of aromatic nitrogens is 2. The molecule has 1 aliphatic heterocycles. The second-order valence-electron chi connectivity index (χ2n) is 7.60. The summed E-state index contributed by atoms with van der Waals surface area (Å²) in [6, 6.07) is 10.9. The maximum atomic E-state index is 4.40. The van der Waals surface area contributed by atoms with E-state index in [0.29, 0.717) is 6.04 Å². The van der Waals surface area contributed by atoms with Crippen LogP contribution in [0.1, 0.15) is 25.0 Å². The van der Waals surface area contributed by atoms with Crippen molar-refractivity contribution in [2.24, 2.45) is 4.99 Å². The Morgan fingerprint density at radius 2 is 1.86 bits per heavy atom. The fourth-order valence-electron chi connectivity index (χ4n) is 3.75. The molecule has 0 saturated carbocycles. The van der Waals surface area contributed by atoms with Crippen LogP contribution in [0, 0.1) is 0 Å². The van der Waals surface area contributed by atoms with E-state index >= 15 is 0 Å². The Balaban J connectivity index is 1.47. The molecule has 1 atom stereocenters. The third-order valence-corrected chi connectivity index (χ3v) is 5.72. The first-order chi connectivity index (χ1) is 14.2. The molecule has 0 bridgehead atoms. The number of benzene rings is 1. The van der Waals surface area contributed by atoms with Gasteiger partial charge in [-0.25, -0.2) is 0 Å². The minimum Gasteiger partial charge on any atom is -0.355 e. The van der Waals surface area contributed by atoms with Gasteiger partial charge in [-0.2, -0.15) is 5.10 Å². The van der Waals surface area contributed by atoms with Crippen molar-refractivity contribution in [1.82, 2.24) is 30.2 Å². The van der Waals surface area contributed by atoms with Crippen LogP contribution in [0.2, 0.25) is 0 Å². The molecule has 0 aliphatic carbocycles. The number of piperazine rings is 1. The number of aliphatic imine (C=N–C) groups is 1. The lowest BCUT2D eigenvalue weighted by molar-refractivity contribution is 0.107. The van der Waals surface area contributed by atoms with Crippen LogP contribution in [0.4, 0.5) is 0 Å². The van der Waals surface area contributed by atoms with E-state index in [9.17, 15) is 0 Å². The van der Waals surface area contributed by atoms with Gasteiger partial charge < -0.3 is 15.5 Å². The van der Waals surface area contributed by atoms with Crippen LogP contribution < -0.4 is 10.6 Å². The van der Waals surface area contributed by atoms with Crippen LogP contribution in [0.25, 0.3) is 0 Å². The van der Waals surface area contributed by atoms with Gasteiger partial charge in [-0.3, -0.25) is 14.6 Å². The van der Waals surface area contributed by atoms with Crippen LogP contribution in [0.3, 0.4) is 0 Å². The highest BCUT2D eigenvalue weighted by molar-refractivity contribution is 5.79.